The summed E-state index contributed by atoms with van der Waals surface area (Å²) in [6, 6.07) is 8.49. The molecule has 0 aliphatic carbocycles. The van der Waals surface area contributed by atoms with Crippen molar-refractivity contribution < 1.29 is 0 Å². The molecule has 1 fully saturated rings. The number of nitrogens with one attached hydrogen (secondary N) is 1. The predicted molar refractivity (Wildman–Crippen MR) is 79.2 cm³/mol. The summed E-state index contributed by atoms with van der Waals surface area (Å²) in [5.41, 5.74) is 3.02. The minimum absolute atomic E-state index is 0.440. The first-order chi connectivity index (χ1) is 9.10. The summed E-state index contributed by atoms with van der Waals surface area (Å²) >= 11 is 0. The number of hydrogen-bond donors (Lipinski definition) is 1. The molecule has 0 saturated carbocycles. The maximum Gasteiger partial charge on any atom is 0.0992 e. The highest BCUT2D eigenvalue weighted by atomic mass is 15.1. The largest absolute Gasteiger partial charge is 0.382 e. The first kappa shape index (κ1) is 13.9. The monoisotopic (exact) mass is 257 g/mol. The average molecular weight is 257 g/mol. The van der Waals surface area contributed by atoms with Gasteiger partial charge >= 0.3 is 0 Å². The molecular formula is C16H23N3. The van der Waals surface area contributed by atoms with Crippen LogP contribution in [0.25, 0.3) is 0 Å². The number of piperidine rings is 1. The topological polar surface area (TPSA) is 39.1 Å². The van der Waals surface area contributed by atoms with Crippen molar-refractivity contribution in [3.63, 3.8) is 0 Å². The Morgan fingerprint density at radius 2 is 2.26 bits per heavy atom. The molecule has 2 unspecified atom stereocenters. The Morgan fingerprint density at radius 1 is 1.47 bits per heavy atom. The summed E-state index contributed by atoms with van der Waals surface area (Å²) < 4.78 is 0. The molecule has 3 heteroatoms. The highest BCUT2D eigenvalue weighted by Gasteiger charge is 2.22. The van der Waals surface area contributed by atoms with Gasteiger partial charge in [-0.15, -0.1) is 0 Å². The van der Waals surface area contributed by atoms with Gasteiger partial charge in [0.05, 0.1) is 11.6 Å². The molecule has 1 N–H and O–H groups in total. The van der Waals surface area contributed by atoms with Crippen molar-refractivity contribution in [3.8, 4) is 6.07 Å². The first-order valence-corrected chi connectivity index (χ1v) is 7.06. The number of anilines is 1. The lowest BCUT2D eigenvalue weighted by Gasteiger charge is -2.34. The van der Waals surface area contributed by atoms with E-state index in [1.54, 1.807) is 0 Å². The van der Waals surface area contributed by atoms with Crippen LogP contribution in [0.15, 0.2) is 18.2 Å². The maximum atomic E-state index is 8.99. The predicted octanol–water partition coefficient (Wildman–Crippen LogP) is 3.01. The second-order valence-corrected chi connectivity index (χ2v) is 5.74. The Bertz CT molecular complexity index is 475. The summed E-state index contributed by atoms with van der Waals surface area (Å²) in [4.78, 5) is 2.41. The molecule has 0 spiro atoms. The molecule has 1 aromatic carbocycles. The van der Waals surface area contributed by atoms with Gasteiger partial charge in [-0.05, 0) is 63.9 Å². The smallest absolute Gasteiger partial charge is 0.0992 e. The second kappa shape index (κ2) is 6.08. The van der Waals surface area contributed by atoms with Gasteiger partial charge in [-0.2, -0.15) is 5.26 Å². The lowest BCUT2D eigenvalue weighted by Crippen LogP contribution is -2.39. The second-order valence-electron chi connectivity index (χ2n) is 5.74. The molecule has 1 aliphatic heterocycles. The highest BCUT2D eigenvalue weighted by molar-refractivity contribution is 5.55. The van der Waals surface area contributed by atoms with Crippen LogP contribution in [0.1, 0.15) is 30.9 Å². The number of rotatable bonds is 3. The molecular weight excluding hydrogens is 234 g/mol. The van der Waals surface area contributed by atoms with E-state index in [4.69, 9.17) is 5.26 Å². The fourth-order valence-electron chi connectivity index (χ4n) is 2.82. The fraction of sp³-hybridized carbons (Fsp3) is 0.562. The lowest BCUT2D eigenvalue weighted by molar-refractivity contribution is 0.197. The Morgan fingerprint density at radius 3 is 2.95 bits per heavy atom. The van der Waals surface area contributed by atoms with E-state index < -0.39 is 0 Å². The molecule has 2 atom stereocenters. The van der Waals surface area contributed by atoms with E-state index in [0.29, 0.717) is 12.0 Å². The van der Waals surface area contributed by atoms with Crippen LogP contribution in [0.4, 0.5) is 5.69 Å². The van der Waals surface area contributed by atoms with Gasteiger partial charge in [-0.25, -0.2) is 0 Å². The summed E-state index contributed by atoms with van der Waals surface area (Å²) in [5, 5.41) is 12.6. The molecule has 1 aromatic rings. The summed E-state index contributed by atoms with van der Waals surface area (Å²) in [6.45, 7) is 6.71. The van der Waals surface area contributed by atoms with Crippen LogP contribution in [0, 0.1) is 24.2 Å². The quantitative estimate of drug-likeness (QED) is 0.904. The number of benzene rings is 1. The highest BCUT2D eigenvalue weighted by Crippen LogP contribution is 2.24. The van der Waals surface area contributed by atoms with Crippen LogP contribution < -0.4 is 5.32 Å². The number of aryl methyl sites for hydroxylation is 1. The molecule has 1 heterocycles. The number of nitrogens with zero attached hydrogens (tertiary/aromatic N) is 2. The van der Waals surface area contributed by atoms with E-state index in [0.717, 1.165) is 17.8 Å². The number of nitriles is 1. The molecule has 2 rings (SSSR count). The normalized spacial score (nSPS) is 21.7. The Balaban J connectivity index is 2.06. The van der Waals surface area contributed by atoms with Crippen molar-refractivity contribution in [1.82, 2.24) is 4.90 Å². The zero-order valence-corrected chi connectivity index (χ0v) is 12.1. The molecule has 0 radical (unpaired) electrons. The molecule has 1 aliphatic rings. The van der Waals surface area contributed by atoms with Gasteiger partial charge in [0.25, 0.3) is 0 Å². The van der Waals surface area contributed by atoms with Gasteiger partial charge < -0.3 is 10.2 Å². The molecule has 102 valence electrons. The van der Waals surface area contributed by atoms with E-state index in [2.05, 4.69) is 37.2 Å². The van der Waals surface area contributed by atoms with E-state index in [-0.39, 0.29) is 0 Å². The minimum atomic E-state index is 0.440. The first-order valence-electron chi connectivity index (χ1n) is 7.06. The molecule has 3 nitrogen and oxygen atoms in total. The third kappa shape index (κ3) is 3.48. The van der Waals surface area contributed by atoms with Gasteiger partial charge in [-0.3, -0.25) is 0 Å². The van der Waals surface area contributed by atoms with Crippen LogP contribution in [-0.4, -0.2) is 31.1 Å². The molecule has 1 saturated heterocycles. The Kier molecular flexibility index (Phi) is 4.44. The summed E-state index contributed by atoms with van der Waals surface area (Å²) in [5.74, 6) is 0.684. The Hall–Kier alpha value is -1.53. The van der Waals surface area contributed by atoms with Crippen LogP contribution in [0.2, 0.25) is 0 Å². The number of hydrogen-bond acceptors (Lipinski definition) is 3. The SMILES string of the molecule is Cc1ccc(C#N)cc1NC(C)C1CCCN(C)C1. The summed E-state index contributed by atoms with van der Waals surface area (Å²) in [7, 11) is 2.19. The average Bonchev–Trinajstić information content (AvgIpc) is 2.41. The minimum Gasteiger partial charge on any atom is -0.382 e. The van der Waals surface area contributed by atoms with Crippen molar-refractivity contribution in [2.45, 2.75) is 32.7 Å². The summed E-state index contributed by atoms with van der Waals surface area (Å²) in [6.07, 6.45) is 2.57. The third-order valence-electron chi connectivity index (χ3n) is 4.12. The van der Waals surface area contributed by atoms with Crippen LogP contribution in [0.5, 0.6) is 0 Å². The van der Waals surface area contributed by atoms with Crippen LogP contribution >= 0.6 is 0 Å². The third-order valence-corrected chi connectivity index (χ3v) is 4.12. The van der Waals surface area contributed by atoms with Crippen LogP contribution in [-0.2, 0) is 0 Å². The molecule has 0 bridgehead atoms. The van der Waals surface area contributed by atoms with Gasteiger partial charge in [0.15, 0.2) is 0 Å². The molecule has 19 heavy (non-hydrogen) atoms. The van der Waals surface area contributed by atoms with E-state index in [1.807, 2.05) is 18.2 Å². The fourth-order valence-corrected chi connectivity index (χ4v) is 2.82. The zero-order chi connectivity index (χ0) is 13.8. The van der Waals surface area contributed by atoms with Gasteiger partial charge in [0.2, 0.25) is 0 Å². The van der Waals surface area contributed by atoms with Gasteiger partial charge in [-0.1, -0.05) is 6.07 Å². The van der Waals surface area contributed by atoms with E-state index in [9.17, 15) is 0 Å². The maximum absolute atomic E-state index is 8.99. The molecule has 0 amide bonds. The van der Waals surface area contributed by atoms with Crippen molar-refractivity contribution in [2.75, 3.05) is 25.5 Å². The number of likely N-dealkylation sites (tertiary alicyclic amines) is 1. The van der Waals surface area contributed by atoms with Crippen molar-refractivity contribution in [3.05, 3.63) is 29.3 Å². The molecule has 0 aromatic heterocycles. The van der Waals surface area contributed by atoms with E-state index >= 15 is 0 Å². The van der Waals surface area contributed by atoms with Crippen molar-refractivity contribution in [1.29, 1.82) is 5.26 Å². The standard InChI is InChI=1S/C16H23N3/c1-12-6-7-14(10-17)9-16(12)18-13(2)15-5-4-8-19(3)11-15/h6-7,9,13,15,18H,4-5,8,11H2,1-3H3. The van der Waals surface area contributed by atoms with Crippen molar-refractivity contribution in [2.24, 2.45) is 5.92 Å². The van der Waals surface area contributed by atoms with Crippen molar-refractivity contribution >= 4 is 5.69 Å². The Labute approximate surface area is 116 Å². The van der Waals surface area contributed by atoms with Crippen LogP contribution in [0.3, 0.4) is 0 Å². The lowest BCUT2D eigenvalue weighted by atomic mass is 9.91. The zero-order valence-electron chi connectivity index (χ0n) is 12.1. The van der Waals surface area contributed by atoms with Gasteiger partial charge in [0.1, 0.15) is 0 Å². The van der Waals surface area contributed by atoms with E-state index in [1.165, 1.54) is 24.9 Å². The van der Waals surface area contributed by atoms with Gasteiger partial charge in [0, 0.05) is 18.3 Å².